The van der Waals surface area contributed by atoms with Crippen LogP contribution in [0.5, 0.6) is 0 Å². The van der Waals surface area contributed by atoms with Crippen LogP contribution >= 0.6 is 0 Å². The largest absolute Gasteiger partial charge is 0.389 e. The van der Waals surface area contributed by atoms with E-state index in [9.17, 15) is 5.11 Å². The van der Waals surface area contributed by atoms with E-state index in [1.165, 1.54) is 38.5 Å². The number of hydrogen-bond donors (Lipinski definition) is 1. The molecule has 5 atom stereocenters. The Bertz CT molecular complexity index is 238. The Morgan fingerprint density at radius 3 is 2.25 bits per heavy atom. The average Bonchev–Trinajstić information content (AvgIpc) is 2.24. The Hall–Kier alpha value is -0.0400. The van der Waals surface area contributed by atoms with Crippen LogP contribution in [-0.4, -0.2) is 10.7 Å². The molecule has 5 unspecified atom stereocenters. The Morgan fingerprint density at radius 1 is 0.938 bits per heavy atom. The first kappa shape index (κ1) is 12.4. The zero-order valence-electron chi connectivity index (χ0n) is 11.2. The quantitative estimate of drug-likeness (QED) is 0.714. The van der Waals surface area contributed by atoms with Crippen molar-refractivity contribution in [1.29, 1.82) is 0 Å². The van der Waals surface area contributed by atoms with Gasteiger partial charge in [-0.2, -0.15) is 0 Å². The SMILES string of the molecule is CC1CCC(O)(C2CCCC(C)C2)C(C)C1. The molecule has 0 amide bonds. The molecule has 0 bridgehead atoms. The first-order valence-corrected chi connectivity index (χ1v) is 7.24. The van der Waals surface area contributed by atoms with Crippen LogP contribution in [0.15, 0.2) is 0 Å². The van der Waals surface area contributed by atoms with Gasteiger partial charge in [0.25, 0.3) is 0 Å². The minimum Gasteiger partial charge on any atom is -0.389 e. The summed E-state index contributed by atoms with van der Waals surface area (Å²) in [6, 6.07) is 0. The molecule has 2 aliphatic carbocycles. The molecule has 0 aromatic heterocycles. The summed E-state index contributed by atoms with van der Waals surface area (Å²) in [4.78, 5) is 0. The molecule has 0 aromatic carbocycles. The zero-order chi connectivity index (χ0) is 11.8. The van der Waals surface area contributed by atoms with Gasteiger partial charge in [-0.1, -0.05) is 33.6 Å². The summed E-state index contributed by atoms with van der Waals surface area (Å²) in [5.41, 5.74) is -0.332. The monoisotopic (exact) mass is 224 g/mol. The number of hydrogen-bond acceptors (Lipinski definition) is 1. The minimum atomic E-state index is -0.332. The van der Waals surface area contributed by atoms with Gasteiger partial charge < -0.3 is 5.11 Å². The van der Waals surface area contributed by atoms with Crippen LogP contribution in [-0.2, 0) is 0 Å². The molecule has 0 spiro atoms. The maximum Gasteiger partial charge on any atom is 0.0701 e. The van der Waals surface area contributed by atoms with Gasteiger partial charge >= 0.3 is 0 Å². The van der Waals surface area contributed by atoms with Gasteiger partial charge in [0.1, 0.15) is 0 Å². The first-order valence-electron chi connectivity index (χ1n) is 7.24. The lowest BCUT2D eigenvalue weighted by Crippen LogP contribution is -2.48. The molecular weight excluding hydrogens is 196 g/mol. The van der Waals surface area contributed by atoms with Crippen molar-refractivity contribution in [2.75, 3.05) is 0 Å². The molecular formula is C15H28O. The van der Waals surface area contributed by atoms with Gasteiger partial charge in [0.05, 0.1) is 5.60 Å². The lowest BCUT2D eigenvalue weighted by molar-refractivity contribution is -0.112. The molecule has 2 saturated carbocycles. The second kappa shape index (κ2) is 4.68. The van der Waals surface area contributed by atoms with Crippen LogP contribution in [0.3, 0.4) is 0 Å². The maximum absolute atomic E-state index is 11.0. The summed E-state index contributed by atoms with van der Waals surface area (Å²) >= 11 is 0. The van der Waals surface area contributed by atoms with Crippen molar-refractivity contribution in [2.24, 2.45) is 23.7 Å². The van der Waals surface area contributed by atoms with Gasteiger partial charge in [0.2, 0.25) is 0 Å². The predicted octanol–water partition coefficient (Wildman–Crippen LogP) is 4.00. The fourth-order valence-corrected chi connectivity index (χ4v) is 4.14. The van der Waals surface area contributed by atoms with Gasteiger partial charge in [0.15, 0.2) is 0 Å². The van der Waals surface area contributed by atoms with Crippen LogP contribution in [0, 0.1) is 23.7 Å². The van der Waals surface area contributed by atoms with Crippen molar-refractivity contribution < 1.29 is 5.11 Å². The highest BCUT2D eigenvalue weighted by Gasteiger charge is 2.45. The molecule has 0 saturated heterocycles. The molecule has 94 valence electrons. The van der Waals surface area contributed by atoms with Crippen LogP contribution in [0.25, 0.3) is 0 Å². The summed E-state index contributed by atoms with van der Waals surface area (Å²) in [6.45, 7) is 6.96. The molecule has 0 radical (unpaired) electrons. The minimum absolute atomic E-state index is 0.332. The highest BCUT2D eigenvalue weighted by Crippen LogP contribution is 2.47. The van der Waals surface area contributed by atoms with Crippen LogP contribution in [0.2, 0.25) is 0 Å². The Morgan fingerprint density at radius 2 is 1.62 bits per heavy atom. The average molecular weight is 224 g/mol. The second-order valence-corrected chi connectivity index (χ2v) is 6.74. The number of aliphatic hydroxyl groups is 1. The topological polar surface area (TPSA) is 20.2 Å². The fraction of sp³-hybridized carbons (Fsp3) is 1.00. The molecule has 0 aliphatic heterocycles. The Kier molecular flexibility index (Phi) is 3.63. The summed E-state index contributed by atoms with van der Waals surface area (Å²) in [7, 11) is 0. The van der Waals surface area contributed by atoms with Crippen LogP contribution in [0.1, 0.15) is 65.7 Å². The standard InChI is InChI=1S/C15H28O/c1-11-5-4-6-14(10-11)15(16)8-7-12(2)9-13(15)3/h11-14,16H,4-10H2,1-3H3. The molecule has 1 N–H and O–H groups in total. The third kappa shape index (κ3) is 2.30. The molecule has 2 rings (SSSR count). The lowest BCUT2D eigenvalue weighted by atomic mass is 9.62. The molecule has 1 heteroatoms. The molecule has 2 fully saturated rings. The number of rotatable bonds is 1. The van der Waals surface area contributed by atoms with Gasteiger partial charge in [-0.15, -0.1) is 0 Å². The summed E-state index contributed by atoms with van der Waals surface area (Å²) in [5.74, 6) is 2.73. The smallest absolute Gasteiger partial charge is 0.0701 e. The van der Waals surface area contributed by atoms with E-state index in [4.69, 9.17) is 0 Å². The van der Waals surface area contributed by atoms with Crippen LogP contribution in [0.4, 0.5) is 0 Å². The normalized spacial score (nSPS) is 50.2. The van der Waals surface area contributed by atoms with E-state index in [-0.39, 0.29) is 5.60 Å². The third-order valence-electron chi connectivity index (χ3n) is 5.29. The van der Waals surface area contributed by atoms with Gasteiger partial charge in [-0.25, -0.2) is 0 Å². The van der Waals surface area contributed by atoms with Crippen molar-refractivity contribution in [3.8, 4) is 0 Å². The summed E-state index contributed by atoms with van der Waals surface area (Å²) < 4.78 is 0. The van der Waals surface area contributed by atoms with Crippen molar-refractivity contribution in [1.82, 2.24) is 0 Å². The molecule has 2 aliphatic rings. The van der Waals surface area contributed by atoms with Gasteiger partial charge in [-0.05, 0) is 55.8 Å². The Labute approximate surface area is 101 Å². The van der Waals surface area contributed by atoms with E-state index in [0.29, 0.717) is 11.8 Å². The highest BCUT2D eigenvalue weighted by molar-refractivity contribution is 4.96. The molecule has 0 aromatic rings. The van der Waals surface area contributed by atoms with E-state index in [1.54, 1.807) is 0 Å². The van der Waals surface area contributed by atoms with E-state index in [2.05, 4.69) is 20.8 Å². The highest BCUT2D eigenvalue weighted by atomic mass is 16.3. The second-order valence-electron chi connectivity index (χ2n) is 6.74. The first-order chi connectivity index (χ1) is 7.52. The van der Waals surface area contributed by atoms with E-state index in [0.717, 1.165) is 18.3 Å². The van der Waals surface area contributed by atoms with Crippen molar-refractivity contribution >= 4 is 0 Å². The van der Waals surface area contributed by atoms with Crippen molar-refractivity contribution in [2.45, 2.75) is 71.3 Å². The van der Waals surface area contributed by atoms with Crippen molar-refractivity contribution in [3.05, 3.63) is 0 Å². The van der Waals surface area contributed by atoms with E-state index in [1.807, 2.05) is 0 Å². The van der Waals surface area contributed by atoms with Crippen molar-refractivity contribution in [3.63, 3.8) is 0 Å². The van der Waals surface area contributed by atoms with E-state index >= 15 is 0 Å². The van der Waals surface area contributed by atoms with Gasteiger partial charge in [0, 0.05) is 0 Å². The zero-order valence-corrected chi connectivity index (χ0v) is 11.2. The molecule has 1 nitrogen and oxygen atoms in total. The predicted molar refractivity (Wildman–Crippen MR) is 68.3 cm³/mol. The fourth-order valence-electron chi connectivity index (χ4n) is 4.14. The summed E-state index contributed by atoms with van der Waals surface area (Å²) in [5, 5.41) is 11.0. The van der Waals surface area contributed by atoms with E-state index < -0.39 is 0 Å². The third-order valence-corrected chi connectivity index (χ3v) is 5.29. The summed E-state index contributed by atoms with van der Waals surface area (Å²) in [6.07, 6.45) is 8.72. The molecule has 16 heavy (non-hydrogen) atoms. The lowest BCUT2D eigenvalue weighted by Gasteiger charge is -2.48. The maximum atomic E-state index is 11.0. The molecule has 0 heterocycles. The van der Waals surface area contributed by atoms with Crippen LogP contribution < -0.4 is 0 Å². The Balaban J connectivity index is 2.05. The van der Waals surface area contributed by atoms with Gasteiger partial charge in [-0.3, -0.25) is 0 Å².